The van der Waals surface area contributed by atoms with E-state index in [1.54, 1.807) is 6.07 Å². The van der Waals surface area contributed by atoms with Crippen LogP contribution in [0.15, 0.2) is 47.1 Å². The highest BCUT2D eigenvalue weighted by atomic mass is 79.9. The largest absolute Gasteiger partial charge is 0.296 e. The summed E-state index contributed by atoms with van der Waals surface area (Å²) in [5, 5.41) is 0. The van der Waals surface area contributed by atoms with Gasteiger partial charge in [-0.05, 0) is 47.1 Å². The molecule has 90 valence electrons. The molecular formula is C14H10BrFN2. The molecule has 2 aromatic heterocycles. The fourth-order valence-corrected chi connectivity index (χ4v) is 2.56. The van der Waals surface area contributed by atoms with Gasteiger partial charge in [0.25, 0.3) is 0 Å². The molecule has 0 bridgehead atoms. The van der Waals surface area contributed by atoms with Gasteiger partial charge in [0.2, 0.25) is 0 Å². The van der Waals surface area contributed by atoms with E-state index in [4.69, 9.17) is 0 Å². The second kappa shape index (κ2) is 4.21. The van der Waals surface area contributed by atoms with Crippen LogP contribution in [0.5, 0.6) is 0 Å². The minimum absolute atomic E-state index is 0.256. The van der Waals surface area contributed by atoms with Gasteiger partial charge in [-0.3, -0.25) is 4.40 Å². The second-order valence-corrected chi connectivity index (χ2v) is 4.88. The van der Waals surface area contributed by atoms with Crippen LogP contribution >= 0.6 is 15.9 Å². The average molecular weight is 305 g/mol. The van der Waals surface area contributed by atoms with E-state index in [1.807, 2.05) is 35.6 Å². The third-order valence-corrected chi connectivity index (χ3v) is 3.48. The molecule has 0 saturated carbocycles. The number of benzene rings is 1. The third kappa shape index (κ3) is 1.73. The average Bonchev–Trinajstić information content (AvgIpc) is 2.69. The third-order valence-electron chi connectivity index (χ3n) is 2.90. The fourth-order valence-electron chi connectivity index (χ4n) is 2.08. The lowest BCUT2D eigenvalue weighted by atomic mass is 10.2. The summed E-state index contributed by atoms with van der Waals surface area (Å²) in [6.07, 6.45) is 0. The Labute approximate surface area is 112 Å². The molecule has 2 nitrogen and oxygen atoms in total. The Bertz CT molecular complexity index is 734. The van der Waals surface area contributed by atoms with Crippen molar-refractivity contribution in [3.05, 3.63) is 58.6 Å². The Balaban J connectivity index is 2.36. The monoisotopic (exact) mass is 304 g/mol. The van der Waals surface area contributed by atoms with Gasteiger partial charge < -0.3 is 0 Å². The van der Waals surface area contributed by atoms with E-state index >= 15 is 0 Å². The maximum atomic E-state index is 13.3. The van der Waals surface area contributed by atoms with Crippen LogP contribution in [0.25, 0.3) is 16.9 Å². The number of nitrogens with zero attached hydrogens (tertiary/aromatic N) is 2. The van der Waals surface area contributed by atoms with E-state index in [0.717, 1.165) is 27.2 Å². The molecule has 4 heteroatoms. The zero-order chi connectivity index (χ0) is 12.7. The first-order chi connectivity index (χ1) is 8.66. The number of aryl methyl sites for hydroxylation is 1. The molecule has 0 unspecified atom stereocenters. The van der Waals surface area contributed by atoms with Crippen molar-refractivity contribution in [1.29, 1.82) is 0 Å². The van der Waals surface area contributed by atoms with Crippen LogP contribution in [0.1, 0.15) is 5.69 Å². The van der Waals surface area contributed by atoms with Gasteiger partial charge in [-0.2, -0.15) is 0 Å². The predicted octanol–water partition coefficient (Wildman–Crippen LogP) is 4.21. The molecule has 0 saturated heterocycles. The summed E-state index contributed by atoms with van der Waals surface area (Å²) in [5.74, 6) is 0.489. The SMILES string of the molecule is Cc1cccc2c(Br)nc(-c3cccc(F)c3)n12. The molecular weight excluding hydrogens is 295 g/mol. The highest BCUT2D eigenvalue weighted by molar-refractivity contribution is 9.10. The topological polar surface area (TPSA) is 17.3 Å². The number of fused-ring (bicyclic) bond motifs is 1. The molecule has 3 aromatic rings. The smallest absolute Gasteiger partial charge is 0.146 e. The van der Waals surface area contributed by atoms with Gasteiger partial charge >= 0.3 is 0 Å². The molecule has 1 aromatic carbocycles. The van der Waals surface area contributed by atoms with Crippen LogP contribution in [0, 0.1) is 12.7 Å². The highest BCUT2D eigenvalue weighted by Crippen LogP contribution is 2.27. The van der Waals surface area contributed by atoms with Gasteiger partial charge in [0.15, 0.2) is 0 Å². The maximum absolute atomic E-state index is 13.3. The van der Waals surface area contributed by atoms with Crippen molar-refractivity contribution in [2.75, 3.05) is 0 Å². The number of halogens is 2. The van der Waals surface area contributed by atoms with E-state index in [2.05, 4.69) is 20.9 Å². The van der Waals surface area contributed by atoms with Gasteiger partial charge in [-0.1, -0.05) is 18.2 Å². The summed E-state index contributed by atoms with van der Waals surface area (Å²) >= 11 is 3.44. The van der Waals surface area contributed by atoms with Crippen molar-refractivity contribution in [2.45, 2.75) is 6.92 Å². The molecule has 0 N–H and O–H groups in total. The lowest BCUT2D eigenvalue weighted by molar-refractivity contribution is 0.628. The standard InChI is InChI=1S/C14H10BrFN2/c1-9-4-2-7-12-13(15)17-14(18(9)12)10-5-3-6-11(16)8-10/h2-8H,1H3. The van der Waals surface area contributed by atoms with E-state index in [1.165, 1.54) is 12.1 Å². The van der Waals surface area contributed by atoms with Crippen molar-refractivity contribution in [3.8, 4) is 11.4 Å². The lowest BCUT2D eigenvalue weighted by Gasteiger charge is -2.04. The molecule has 3 rings (SSSR count). The molecule has 0 radical (unpaired) electrons. The molecule has 0 amide bonds. The summed E-state index contributed by atoms with van der Waals surface area (Å²) in [5.41, 5.74) is 2.81. The number of hydrogen-bond donors (Lipinski definition) is 0. The summed E-state index contributed by atoms with van der Waals surface area (Å²) in [4.78, 5) is 4.47. The minimum Gasteiger partial charge on any atom is -0.296 e. The number of aromatic nitrogens is 2. The van der Waals surface area contributed by atoms with Gasteiger partial charge in [-0.25, -0.2) is 9.37 Å². The second-order valence-electron chi connectivity index (χ2n) is 4.12. The van der Waals surface area contributed by atoms with Crippen LogP contribution < -0.4 is 0 Å². The molecule has 0 spiro atoms. The Morgan fingerprint density at radius 1 is 1.17 bits per heavy atom. The molecule has 18 heavy (non-hydrogen) atoms. The highest BCUT2D eigenvalue weighted by Gasteiger charge is 2.12. The van der Waals surface area contributed by atoms with Crippen LogP contribution in [-0.4, -0.2) is 9.38 Å². The van der Waals surface area contributed by atoms with Gasteiger partial charge in [0.1, 0.15) is 16.2 Å². The van der Waals surface area contributed by atoms with Gasteiger partial charge in [0, 0.05) is 11.3 Å². The summed E-state index contributed by atoms with van der Waals surface area (Å²) < 4.78 is 16.1. The van der Waals surface area contributed by atoms with Crippen molar-refractivity contribution in [1.82, 2.24) is 9.38 Å². The van der Waals surface area contributed by atoms with Crippen molar-refractivity contribution in [2.24, 2.45) is 0 Å². The number of rotatable bonds is 1. The summed E-state index contributed by atoms with van der Waals surface area (Å²) in [6, 6.07) is 12.4. The zero-order valence-electron chi connectivity index (χ0n) is 9.69. The molecule has 2 heterocycles. The lowest BCUT2D eigenvalue weighted by Crippen LogP contribution is -1.94. The Morgan fingerprint density at radius 2 is 1.94 bits per heavy atom. The zero-order valence-corrected chi connectivity index (χ0v) is 11.3. The number of pyridine rings is 1. The summed E-state index contributed by atoms with van der Waals surface area (Å²) in [6.45, 7) is 2.00. The maximum Gasteiger partial charge on any atom is 0.146 e. The number of hydrogen-bond acceptors (Lipinski definition) is 1. The Hall–Kier alpha value is -1.68. The van der Waals surface area contributed by atoms with Gasteiger partial charge in [-0.15, -0.1) is 0 Å². The predicted molar refractivity (Wildman–Crippen MR) is 73.0 cm³/mol. The fraction of sp³-hybridized carbons (Fsp3) is 0.0714. The molecule has 0 fully saturated rings. The molecule has 0 atom stereocenters. The normalized spacial score (nSPS) is 11.1. The van der Waals surface area contributed by atoms with E-state index in [0.29, 0.717) is 0 Å². The van der Waals surface area contributed by atoms with E-state index in [9.17, 15) is 4.39 Å². The van der Waals surface area contributed by atoms with Gasteiger partial charge in [0.05, 0.1) is 5.52 Å². The number of imidazole rings is 1. The first-order valence-corrected chi connectivity index (χ1v) is 6.35. The molecule has 0 aliphatic rings. The first-order valence-electron chi connectivity index (χ1n) is 5.56. The van der Waals surface area contributed by atoms with Crippen molar-refractivity contribution < 1.29 is 4.39 Å². The first kappa shape index (κ1) is 11.4. The van der Waals surface area contributed by atoms with E-state index < -0.39 is 0 Å². The Morgan fingerprint density at radius 3 is 2.72 bits per heavy atom. The van der Waals surface area contributed by atoms with Crippen LogP contribution in [-0.2, 0) is 0 Å². The minimum atomic E-state index is -0.256. The molecule has 0 aliphatic heterocycles. The van der Waals surface area contributed by atoms with Crippen LogP contribution in [0.4, 0.5) is 4.39 Å². The Kier molecular flexibility index (Phi) is 2.67. The molecule has 0 aliphatic carbocycles. The van der Waals surface area contributed by atoms with Crippen LogP contribution in [0.3, 0.4) is 0 Å². The summed E-state index contributed by atoms with van der Waals surface area (Å²) in [7, 11) is 0. The van der Waals surface area contributed by atoms with E-state index in [-0.39, 0.29) is 5.82 Å². The van der Waals surface area contributed by atoms with Crippen molar-refractivity contribution in [3.63, 3.8) is 0 Å². The van der Waals surface area contributed by atoms with Crippen LogP contribution in [0.2, 0.25) is 0 Å². The van der Waals surface area contributed by atoms with Crippen molar-refractivity contribution >= 4 is 21.4 Å². The quantitative estimate of drug-likeness (QED) is 0.658.